The van der Waals surface area contributed by atoms with Crippen molar-refractivity contribution >= 4 is 17.3 Å². The first-order valence-corrected chi connectivity index (χ1v) is 7.27. The first-order chi connectivity index (χ1) is 11.1. The first-order valence-electron chi connectivity index (χ1n) is 7.27. The number of nitrogens with zero attached hydrogens (tertiary/aromatic N) is 2. The quantitative estimate of drug-likeness (QED) is 0.215. The number of aryl methyl sites for hydroxylation is 1. The van der Waals surface area contributed by atoms with Crippen LogP contribution in [0.5, 0.6) is 5.75 Å². The fourth-order valence-corrected chi connectivity index (χ4v) is 2.11. The Morgan fingerprint density at radius 3 is 2.58 bits per heavy atom. The van der Waals surface area contributed by atoms with Gasteiger partial charge >= 0.3 is 0 Å². The van der Waals surface area contributed by atoms with Gasteiger partial charge in [0, 0.05) is 37.1 Å². The van der Waals surface area contributed by atoms with Crippen LogP contribution in [0.4, 0.5) is 11.4 Å². The highest BCUT2D eigenvalue weighted by atomic mass is 79.9. The van der Waals surface area contributed by atoms with Crippen LogP contribution in [0.3, 0.4) is 0 Å². The van der Waals surface area contributed by atoms with E-state index in [0.29, 0.717) is 6.42 Å². The van der Waals surface area contributed by atoms with Crippen molar-refractivity contribution in [3.8, 4) is 5.75 Å². The van der Waals surface area contributed by atoms with Gasteiger partial charge in [0.1, 0.15) is 12.3 Å². The van der Waals surface area contributed by atoms with Crippen LogP contribution >= 0.6 is 0 Å². The Hall–Kier alpha value is -2.48. The number of aromatic nitrogens is 1. The molecule has 0 saturated carbocycles. The van der Waals surface area contributed by atoms with Gasteiger partial charge < -0.3 is 27.4 Å². The molecular formula is C16H18BrN3O4. The number of non-ortho nitro benzene ring substituents is 1. The molecule has 128 valence electrons. The molecule has 2 N–H and O–H groups in total. The number of nitro groups is 1. The molecule has 0 aliphatic carbocycles. The summed E-state index contributed by atoms with van der Waals surface area (Å²) < 4.78 is 2.03. The number of carbonyl (C=O) groups excluding carboxylic acids is 1. The lowest BCUT2D eigenvalue weighted by molar-refractivity contribution is -0.697. The van der Waals surface area contributed by atoms with Gasteiger partial charge in [0.2, 0.25) is 5.91 Å². The molecule has 0 bridgehead atoms. The summed E-state index contributed by atoms with van der Waals surface area (Å²) in [5, 5.41) is 22.9. The number of phenolic OH excluding ortho intramolecular Hbond substituents is 1. The van der Waals surface area contributed by atoms with E-state index in [1.807, 2.05) is 35.2 Å². The number of hydrogen-bond acceptors (Lipinski definition) is 4. The molecule has 2 rings (SSSR count). The van der Waals surface area contributed by atoms with Gasteiger partial charge in [-0.1, -0.05) is 6.07 Å². The lowest BCUT2D eigenvalue weighted by atomic mass is 10.2. The minimum atomic E-state index is -0.577. The summed E-state index contributed by atoms with van der Waals surface area (Å²) in [7, 11) is 0. The maximum absolute atomic E-state index is 11.9. The molecular weight excluding hydrogens is 378 g/mol. The van der Waals surface area contributed by atoms with E-state index in [0.717, 1.165) is 19.0 Å². The summed E-state index contributed by atoms with van der Waals surface area (Å²) in [4.78, 5) is 22.0. The summed E-state index contributed by atoms with van der Waals surface area (Å²) in [6.45, 7) is 0.816. The van der Waals surface area contributed by atoms with Crippen molar-refractivity contribution in [3.63, 3.8) is 0 Å². The fraction of sp³-hybridized carbons (Fsp3) is 0.250. The van der Waals surface area contributed by atoms with E-state index in [1.165, 1.54) is 12.1 Å². The molecule has 1 aromatic heterocycles. The van der Waals surface area contributed by atoms with Crippen LogP contribution in [0, 0.1) is 10.1 Å². The Balaban J connectivity index is 0.00000288. The molecule has 0 fully saturated rings. The van der Waals surface area contributed by atoms with E-state index in [9.17, 15) is 20.0 Å². The van der Waals surface area contributed by atoms with Gasteiger partial charge in [-0.3, -0.25) is 14.9 Å². The average molecular weight is 396 g/mol. The summed E-state index contributed by atoms with van der Waals surface area (Å²) in [5.74, 6) is -0.470. The number of halogens is 1. The van der Waals surface area contributed by atoms with Crippen molar-refractivity contribution in [2.24, 2.45) is 0 Å². The number of hydrogen-bond donors (Lipinski definition) is 2. The number of nitro benzene ring substituents is 1. The van der Waals surface area contributed by atoms with Crippen molar-refractivity contribution in [2.45, 2.75) is 25.8 Å². The molecule has 2 aromatic rings. The van der Waals surface area contributed by atoms with Gasteiger partial charge in [-0.05, 0) is 12.5 Å². The van der Waals surface area contributed by atoms with Crippen LogP contribution in [0.15, 0.2) is 48.8 Å². The second-order valence-electron chi connectivity index (χ2n) is 5.08. The molecule has 0 saturated heterocycles. The minimum Gasteiger partial charge on any atom is -1.00 e. The minimum absolute atomic E-state index is 0. The number of phenols is 1. The second kappa shape index (κ2) is 9.61. The Labute approximate surface area is 149 Å². The van der Waals surface area contributed by atoms with E-state index in [1.54, 1.807) is 0 Å². The number of anilines is 1. The molecule has 7 nitrogen and oxygen atoms in total. The number of rotatable bonds is 7. The Kier molecular flexibility index (Phi) is 7.84. The van der Waals surface area contributed by atoms with Crippen molar-refractivity contribution in [3.05, 3.63) is 58.9 Å². The van der Waals surface area contributed by atoms with E-state index in [4.69, 9.17) is 0 Å². The summed E-state index contributed by atoms with van der Waals surface area (Å²) in [6.07, 6.45) is 5.73. The maximum Gasteiger partial charge on any atom is 0.271 e. The average Bonchev–Trinajstić information content (AvgIpc) is 2.54. The molecule has 24 heavy (non-hydrogen) atoms. The van der Waals surface area contributed by atoms with E-state index in [-0.39, 0.29) is 46.4 Å². The third-order valence-electron chi connectivity index (χ3n) is 3.31. The van der Waals surface area contributed by atoms with Crippen LogP contribution in [0.2, 0.25) is 0 Å². The predicted molar refractivity (Wildman–Crippen MR) is 83.9 cm³/mol. The van der Waals surface area contributed by atoms with Gasteiger partial charge in [0.15, 0.2) is 12.4 Å². The molecule has 1 amide bonds. The molecule has 0 aliphatic rings. The summed E-state index contributed by atoms with van der Waals surface area (Å²) in [5.41, 5.74) is -0.125. The van der Waals surface area contributed by atoms with Gasteiger partial charge in [-0.25, -0.2) is 4.57 Å². The van der Waals surface area contributed by atoms with Crippen LogP contribution in [-0.4, -0.2) is 15.9 Å². The number of nitrogens with one attached hydrogen (secondary N) is 1. The largest absolute Gasteiger partial charge is 1.00 e. The van der Waals surface area contributed by atoms with E-state index >= 15 is 0 Å². The Bertz CT molecular complexity index is 695. The highest BCUT2D eigenvalue weighted by Gasteiger charge is 2.12. The first kappa shape index (κ1) is 19.6. The molecule has 0 unspecified atom stereocenters. The van der Waals surface area contributed by atoms with Gasteiger partial charge in [-0.2, -0.15) is 0 Å². The molecule has 1 aromatic carbocycles. The third kappa shape index (κ3) is 5.96. The normalized spacial score (nSPS) is 9.83. The second-order valence-corrected chi connectivity index (χ2v) is 5.08. The van der Waals surface area contributed by atoms with Crippen LogP contribution in [0.1, 0.15) is 19.3 Å². The number of aromatic hydroxyl groups is 1. The topological polar surface area (TPSA) is 96.3 Å². The molecule has 0 radical (unpaired) electrons. The van der Waals surface area contributed by atoms with Crippen LogP contribution in [-0.2, 0) is 11.3 Å². The molecule has 0 spiro atoms. The van der Waals surface area contributed by atoms with E-state index < -0.39 is 4.92 Å². The Morgan fingerprint density at radius 1 is 1.21 bits per heavy atom. The molecule has 0 aliphatic heterocycles. The highest BCUT2D eigenvalue weighted by Crippen LogP contribution is 2.27. The van der Waals surface area contributed by atoms with Crippen LogP contribution in [0.25, 0.3) is 0 Å². The molecule has 0 atom stereocenters. The number of unbranched alkanes of at least 4 members (excludes halogenated alkanes) is 1. The zero-order valence-electron chi connectivity index (χ0n) is 12.9. The summed E-state index contributed by atoms with van der Waals surface area (Å²) >= 11 is 0. The van der Waals surface area contributed by atoms with Crippen molar-refractivity contribution in [1.29, 1.82) is 0 Å². The fourth-order valence-electron chi connectivity index (χ4n) is 2.11. The van der Waals surface area contributed by atoms with E-state index in [2.05, 4.69) is 5.32 Å². The lowest BCUT2D eigenvalue weighted by Gasteiger charge is -2.06. The SMILES string of the molecule is O=C(CCCC[n+]1ccccc1)Nc1cc([N+](=O)[O-])ccc1O.[Br-]. The number of amides is 1. The standard InChI is InChI=1S/C16H17N3O4.BrH/c20-15-8-7-13(19(22)23)12-14(15)17-16(21)6-2-5-11-18-9-3-1-4-10-18;/h1,3-4,7-10,12H,2,5-6,11H2,(H-,17,20,21);1H. The van der Waals surface area contributed by atoms with Crippen LogP contribution < -0.4 is 26.9 Å². The molecule has 8 heteroatoms. The van der Waals surface area contributed by atoms with Crippen molar-refractivity contribution in [2.75, 3.05) is 5.32 Å². The number of carbonyl (C=O) groups is 1. The smallest absolute Gasteiger partial charge is 0.271 e. The maximum atomic E-state index is 11.9. The molecule has 1 heterocycles. The third-order valence-corrected chi connectivity index (χ3v) is 3.31. The number of pyridine rings is 1. The van der Waals surface area contributed by atoms with Gasteiger partial charge in [0.25, 0.3) is 5.69 Å². The Morgan fingerprint density at radius 2 is 1.92 bits per heavy atom. The van der Waals surface area contributed by atoms with Gasteiger partial charge in [0.05, 0.1) is 10.6 Å². The summed E-state index contributed by atoms with van der Waals surface area (Å²) in [6, 6.07) is 9.35. The van der Waals surface area contributed by atoms with Crippen molar-refractivity contribution < 1.29 is 36.4 Å². The zero-order chi connectivity index (χ0) is 16.7. The number of benzene rings is 1. The monoisotopic (exact) mass is 395 g/mol. The highest BCUT2D eigenvalue weighted by molar-refractivity contribution is 5.92. The zero-order valence-corrected chi connectivity index (χ0v) is 14.5. The van der Waals surface area contributed by atoms with Crippen molar-refractivity contribution in [1.82, 2.24) is 0 Å². The van der Waals surface area contributed by atoms with Gasteiger partial charge in [-0.15, -0.1) is 0 Å². The lowest BCUT2D eigenvalue weighted by Crippen LogP contribution is -3.00. The predicted octanol–water partition coefficient (Wildman–Crippen LogP) is -0.599.